The highest BCUT2D eigenvalue weighted by Gasteiger charge is 2.02. The summed E-state index contributed by atoms with van der Waals surface area (Å²) in [5.74, 6) is 0. The Bertz CT molecular complexity index is 529. The molecule has 14 heavy (non-hydrogen) atoms. The number of nitriles is 1. The molecule has 0 fully saturated rings. The minimum Gasteiger partial charge on any atom is -0.326 e. The van der Waals surface area contributed by atoms with Gasteiger partial charge in [-0.1, -0.05) is 0 Å². The Morgan fingerprint density at radius 3 is 2.93 bits per heavy atom. The van der Waals surface area contributed by atoms with Gasteiger partial charge in [-0.2, -0.15) is 5.26 Å². The molecule has 0 spiro atoms. The van der Waals surface area contributed by atoms with Crippen molar-refractivity contribution in [2.45, 2.75) is 0 Å². The van der Waals surface area contributed by atoms with Crippen molar-refractivity contribution < 1.29 is 0 Å². The third-order valence-corrected chi connectivity index (χ3v) is 2.65. The van der Waals surface area contributed by atoms with Gasteiger partial charge in [0.1, 0.15) is 10.9 Å². The molecule has 68 valence electrons. The molecular formula is C9H5N3OS. The molecule has 0 aliphatic heterocycles. The van der Waals surface area contributed by atoms with Crippen LogP contribution in [0.2, 0.25) is 0 Å². The number of nitrogens with one attached hydrogen (secondary N) is 1. The van der Waals surface area contributed by atoms with Crippen LogP contribution >= 0.6 is 11.3 Å². The number of H-pyrrole nitrogens is 1. The summed E-state index contributed by atoms with van der Waals surface area (Å²) in [5.41, 5.74) is 0.446. The fraction of sp³-hybridized carbons (Fsp3) is 0. The summed E-state index contributed by atoms with van der Waals surface area (Å²) in [7, 11) is 0. The van der Waals surface area contributed by atoms with Crippen molar-refractivity contribution in [1.29, 1.82) is 5.26 Å². The summed E-state index contributed by atoms with van der Waals surface area (Å²) in [5, 5.41) is 8.62. The molecule has 0 saturated carbocycles. The summed E-state index contributed by atoms with van der Waals surface area (Å²) >= 11 is 1.35. The summed E-state index contributed by atoms with van der Waals surface area (Å²) in [4.78, 5) is 18.7. The Labute approximate surface area is 83.5 Å². The number of aromatic amines is 1. The van der Waals surface area contributed by atoms with Crippen LogP contribution in [-0.2, 0) is 0 Å². The van der Waals surface area contributed by atoms with E-state index in [1.807, 2.05) is 12.1 Å². The summed E-state index contributed by atoms with van der Waals surface area (Å²) in [6.07, 6.45) is 2.76. The third kappa shape index (κ3) is 1.56. The SMILES string of the molecule is N#Cc1ccc(-c2c[nH]c(=O)cn2)s1. The first-order valence-corrected chi connectivity index (χ1v) is 4.66. The summed E-state index contributed by atoms with van der Waals surface area (Å²) < 4.78 is 0. The molecule has 0 aliphatic carbocycles. The molecule has 0 saturated heterocycles. The average Bonchev–Trinajstić information content (AvgIpc) is 2.67. The van der Waals surface area contributed by atoms with Crippen LogP contribution in [0.5, 0.6) is 0 Å². The van der Waals surface area contributed by atoms with Crippen LogP contribution < -0.4 is 5.56 Å². The van der Waals surface area contributed by atoms with E-state index in [9.17, 15) is 4.79 Å². The van der Waals surface area contributed by atoms with Gasteiger partial charge < -0.3 is 4.98 Å². The van der Waals surface area contributed by atoms with Crippen molar-refractivity contribution in [1.82, 2.24) is 9.97 Å². The lowest BCUT2D eigenvalue weighted by Gasteiger charge is -1.92. The van der Waals surface area contributed by atoms with Crippen molar-refractivity contribution >= 4 is 11.3 Å². The Morgan fingerprint density at radius 2 is 2.36 bits per heavy atom. The number of hydrogen-bond acceptors (Lipinski definition) is 4. The molecule has 0 bridgehead atoms. The van der Waals surface area contributed by atoms with E-state index in [0.717, 1.165) is 4.88 Å². The number of nitrogens with zero attached hydrogens (tertiary/aromatic N) is 2. The molecule has 2 rings (SSSR count). The van der Waals surface area contributed by atoms with Crippen molar-refractivity contribution in [3.63, 3.8) is 0 Å². The van der Waals surface area contributed by atoms with E-state index in [1.54, 1.807) is 6.07 Å². The highest BCUT2D eigenvalue weighted by molar-refractivity contribution is 7.15. The van der Waals surface area contributed by atoms with Crippen LogP contribution in [0.15, 0.2) is 29.3 Å². The van der Waals surface area contributed by atoms with Gasteiger partial charge in [-0.3, -0.25) is 4.79 Å². The van der Waals surface area contributed by atoms with E-state index >= 15 is 0 Å². The second-order valence-electron chi connectivity index (χ2n) is 2.57. The average molecular weight is 203 g/mol. The minimum atomic E-state index is -0.231. The highest BCUT2D eigenvalue weighted by atomic mass is 32.1. The van der Waals surface area contributed by atoms with Crippen LogP contribution in [0.4, 0.5) is 0 Å². The van der Waals surface area contributed by atoms with E-state index in [1.165, 1.54) is 23.7 Å². The quantitative estimate of drug-likeness (QED) is 0.761. The fourth-order valence-electron chi connectivity index (χ4n) is 1.01. The van der Waals surface area contributed by atoms with E-state index in [-0.39, 0.29) is 5.56 Å². The van der Waals surface area contributed by atoms with Gasteiger partial charge in [-0.15, -0.1) is 11.3 Å². The van der Waals surface area contributed by atoms with Gasteiger partial charge in [0.15, 0.2) is 0 Å². The van der Waals surface area contributed by atoms with Gasteiger partial charge in [-0.25, -0.2) is 4.98 Å². The van der Waals surface area contributed by atoms with Gasteiger partial charge in [0.05, 0.1) is 16.8 Å². The normalized spacial score (nSPS) is 9.64. The van der Waals surface area contributed by atoms with Crippen molar-refractivity contribution in [3.05, 3.63) is 39.8 Å². The van der Waals surface area contributed by atoms with Crippen LogP contribution in [-0.4, -0.2) is 9.97 Å². The molecule has 4 nitrogen and oxygen atoms in total. The predicted molar refractivity (Wildman–Crippen MR) is 52.9 cm³/mol. The standard InChI is InChI=1S/C9H5N3OS/c10-3-6-1-2-8(14-6)7-4-12-9(13)5-11-7/h1-2,4-5H,(H,12,13). The van der Waals surface area contributed by atoms with Gasteiger partial charge in [-0.05, 0) is 12.1 Å². The molecule has 0 amide bonds. The van der Waals surface area contributed by atoms with E-state index in [2.05, 4.69) is 9.97 Å². The zero-order valence-corrected chi connectivity index (χ0v) is 7.84. The highest BCUT2D eigenvalue weighted by Crippen LogP contribution is 2.24. The molecule has 0 atom stereocenters. The lowest BCUT2D eigenvalue weighted by molar-refractivity contribution is 1.15. The minimum absolute atomic E-state index is 0.231. The first kappa shape index (κ1) is 8.66. The van der Waals surface area contributed by atoms with Gasteiger partial charge in [0.2, 0.25) is 0 Å². The molecule has 2 aromatic rings. The number of rotatable bonds is 1. The maximum atomic E-state index is 10.7. The first-order chi connectivity index (χ1) is 6.79. The van der Waals surface area contributed by atoms with Gasteiger partial charge in [0.25, 0.3) is 5.56 Å². The van der Waals surface area contributed by atoms with E-state index in [4.69, 9.17) is 5.26 Å². The summed E-state index contributed by atoms with van der Waals surface area (Å²) in [6.45, 7) is 0. The second-order valence-corrected chi connectivity index (χ2v) is 3.66. The maximum absolute atomic E-state index is 10.7. The number of thiophene rings is 1. The van der Waals surface area contributed by atoms with Crippen LogP contribution in [0.1, 0.15) is 4.88 Å². The Kier molecular flexibility index (Phi) is 2.13. The van der Waals surface area contributed by atoms with Crippen molar-refractivity contribution in [3.8, 4) is 16.6 Å². The molecule has 0 radical (unpaired) electrons. The predicted octanol–water partition coefficient (Wildman–Crippen LogP) is 1.37. The molecule has 0 unspecified atom stereocenters. The van der Waals surface area contributed by atoms with Gasteiger partial charge in [0, 0.05) is 6.20 Å². The number of aromatic nitrogens is 2. The molecular weight excluding hydrogens is 198 g/mol. The van der Waals surface area contributed by atoms with E-state index < -0.39 is 0 Å². The Hall–Kier alpha value is -1.93. The van der Waals surface area contributed by atoms with Crippen LogP contribution in [0.25, 0.3) is 10.6 Å². The lowest BCUT2D eigenvalue weighted by atomic mass is 10.3. The topological polar surface area (TPSA) is 69.5 Å². The molecule has 1 N–H and O–H groups in total. The lowest BCUT2D eigenvalue weighted by Crippen LogP contribution is -2.03. The van der Waals surface area contributed by atoms with Crippen LogP contribution in [0, 0.1) is 11.3 Å². The largest absolute Gasteiger partial charge is 0.326 e. The van der Waals surface area contributed by atoms with Gasteiger partial charge >= 0.3 is 0 Å². The second kappa shape index (κ2) is 3.44. The monoisotopic (exact) mass is 203 g/mol. The molecule has 0 aromatic carbocycles. The molecule has 5 heteroatoms. The Morgan fingerprint density at radius 1 is 1.50 bits per heavy atom. The Balaban J connectivity index is 2.45. The fourth-order valence-corrected chi connectivity index (χ4v) is 1.78. The van der Waals surface area contributed by atoms with Crippen molar-refractivity contribution in [2.75, 3.05) is 0 Å². The van der Waals surface area contributed by atoms with Crippen molar-refractivity contribution in [2.24, 2.45) is 0 Å². The molecule has 2 aromatic heterocycles. The van der Waals surface area contributed by atoms with Crippen LogP contribution in [0.3, 0.4) is 0 Å². The third-order valence-electron chi connectivity index (χ3n) is 1.64. The first-order valence-electron chi connectivity index (χ1n) is 3.84. The number of hydrogen-bond donors (Lipinski definition) is 1. The summed E-state index contributed by atoms with van der Waals surface area (Å²) in [6, 6.07) is 5.59. The zero-order chi connectivity index (χ0) is 9.97. The maximum Gasteiger partial charge on any atom is 0.266 e. The molecule has 2 heterocycles. The molecule has 0 aliphatic rings. The zero-order valence-electron chi connectivity index (χ0n) is 7.02. The smallest absolute Gasteiger partial charge is 0.266 e. The van der Waals surface area contributed by atoms with E-state index in [0.29, 0.717) is 10.6 Å².